The first-order valence-electron chi connectivity index (χ1n) is 8.17. The maximum absolute atomic E-state index is 10.7. The van der Waals surface area contributed by atoms with Gasteiger partial charge in [0, 0.05) is 30.3 Å². The van der Waals surface area contributed by atoms with Gasteiger partial charge in [-0.3, -0.25) is 0 Å². The predicted octanol–water partition coefficient (Wildman–Crippen LogP) is -4.23. The third-order valence-corrected chi connectivity index (χ3v) is 5.29. The minimum Gasteiger partial charge on any atom is -0.748 e. The molecule has 0 atom stereocenters. The Morgan fingerprint density at radius 3 is 1.44 bits per heavy atom. The van der Waals surface area contributed by atoms with Crippen molar-refractivity contribution in [3.05, 3.63) is 29.3 Å². The fourth-order valence-electron chi connectivity index (χ4n) is 2.67. The van der Waals surface area contributed by atoms with Crippen LogP contribution in [0.3, 0.4) is 0 Å². The van der Waals surface area contributed by atoms with Crippen LogP contribution in [0.1, 0.15) is 36.8 Å². The predicted molar refractivity (Wildman–Crippen MR) is 95.7 cm³/mol. The number of anilines is 1. The van der Waals surface area contributed by atoms with Gasteiger partial charge in [-0.2, -0.15) is 0 Å². The van der Waals surface area contributed by atoms with Crippen LogP contribution in [0.2, 0.25) is 0 Å². The molecule has 0 amide bonds. The molecule has 0 heterocycles. The van der Waals surface area contributed by atoms with Crippen LogP contribution in [0.5, 0.6) is 0 Å². The summed E-state index contributed by atoms with van der Waals surface area (Å²) in [7, 11) is -8.41. The van der Waals surface area contributed by atoms with Crippen molar-refractivity contribution in [2.45, 2.75) is 39.5 Å². The maximum atomic E-state index is 10.7. The standard InChI is InChI=1S/C16H27NO6S2.2Na/c1-14-11-15(2)13-16(12-14)17(7-3-5-9-24(18,19)20)8-4-6-10-25(21,22)23;;/h11-13H,3-10H2,1-2H3,(H,18,19,20)(H,21,22,23);;/q;2*+1/p-2. The van der Waals surface area contributed by atoms with Crippen LogP contribution >= 0.6 is 0 Å². The summed E-state index contributed by atoms with van der Waals surface area (Å²) in [5.74, 6) is -0.774. The monoisotopic (exact) mass is 437 g/mol. The molecule has 1 aromatic rings. The Labute approximate surface area is 207 Å². The molecule has 0 aliphatic carbocycles. The largest absolute Gasteiger partial charge is 1.00 e. The molecule has 0 aliphatic rings. The van der Waals surface area contributed by atoms with Crippen molar-refractivity contribution in [2.75, 3.05) is 29.5 Å². The van der Waals surface area contributed by atoms with Crippen LogP contribution in [-0.2, 0) is 20.2 Å². The minimum atomic E-state index is -4.21. The molecule has 144 valence electrons. The molecule has 0 radical (unpaired) electrons. The van der Waals surface area contributed by atoms with Gasteiger partial charge in [0.15, 0.2) is 0 Å². The van der Waals surface area contributed by atoms with Crippen molar-refractivity contribution < 1.29 is 85.1 Å². The van der Waals surface area contributed by atoms with Crippen LogP contribution in [-0.4, -0.2) is 50.5 Å². The second-order valence-corrected chi connectivity index (χ2v) is 9.32. The van der Waals surface area contributed by atoms with E-state index >= 15 is 0 Å². The molecule has 0 saturated carbocycles. The van der Waals surface area contributed by atoms with Crippen LogP contribution in [0.25, 0.3) is 0 Å². The number of nitrogens with zero attached hydrogens (tertiary/aromatic N) is 1. The molecule has 0 saturated heterocycles. The number of unbranched alkanes of at least 4 members (excludes halogenated alkanes) is 2. The van der Waals surface area contributed by atoms with E-state index in [1.807, 2.05) is 36.9 Å². The Bertz CT molecular complexity index is 709. The van der Waals surface area contributed by atoms with Gasteiger partial charge in [0.05, 0.1) is 20.2 Å². The molecule has 11 heteroatoms. The summed E-state index contributed by atoms with van der Waals surface area (Å²) >= 11 is 0. The van der Waals surface area contributed by atoms with E-state index in [1.54, 1.807) is 0 Å². The Morgan fingerprint density at radius 1 is 0.741 bits per heavy atom. The summed E-state index contributed by atoms with van der Waals surface area (Å²) in [6, 6.07) is 6.04. The Morgan fingerprint density at radius 2 is 1.11 bits per heavy atom. The summed E-state index contributed by atoms with van der Waals surface area (Å²) in [6.07, 6.45) is 1.63. The second kappa shape index (κ2) is 14.0. The quantitative estimate of drug-likeness (QED) is 0.196. The molecule has 0 N–H and O–H groups in total. The first kappa shape index (κ1) is 30.0. The molecular weight excluding hydrogens is 412 g/mol. The summed E-state index contributed by atoms with van der Waals surface area (Å²) in [5, 5.41) is 0. The summed E-state index contributed by atoms with van der Waals surface area (Å²) in [5.41, 5.74) is 3.14. The first-order chi connectivity index (χ1) is 11.5. The minimum absolute atomic E-state index is 0. The second-order valence-electron chi connectivity index (χ2n) is 6.27. The van der Waals surface area contributed by atoms with E-state index in [9.17, 15) is 25.9 Å². The molecule has 0 aromatic heterocycles. The molecule has 27 heavy (non-hydrogen) atoms. The average Bonchev–Trinajstić information content (AvgIpc) is 2.42. The third-order valence-electron chi connectivity index (χ3n) is 3.72. The van der Waals surface area contributed by atoms with Gasteiger partial charge in [0.1, 0.15) is 0 Å². The van der Waals surface area contributed by atoms with Crippen molar-refractivity contribution in [1.82, 2.24) is 0 Å². The van der Waals surface area contributed by atoms with E-state index in [0.29, 0.717) is 25.9 Å². The SMILES string of the molecule is Cc1cc(C)cc(N(CCCCS(=O)(=O)[O-])CCCCS(=O)(=O)[O-])c1.[Na+].[Na+]. The summed E-state index contributed by atoms with van der Waals surface area (Å²) in [4.78, 5) is 2.04. The number of aryl methyl sites for hydroxylation is 2. The van der Waals surface area contributed by atoms with Crippen molar-refractivity contribution >= 4 is 25.9 Å². The molecule has 0 bridgehead atoms. The van der Waals surface area contributed by atoms with Crippen LogP contribution in [0.15, 0.2) is 18.2 Å². The molecule has 0 aliphatic heterocycles. The molecule has 0 spiro atoms. The van der Waals surface area contributed by atoms with E-state index in [1.165, 1.54) is 0 Å². The van der Waals surface area contributed by atoms with Gasteiger partial charge in [-0.15, -0.1) is 0 Å². The average molecular weight is 437 g/mol. The van der Waals surface area contributed by atoms with Gasteiger partial charge in [0.2, 0.25) is 0 Å². The Hall–Kier alpha value is 0.840. The summed E-state index contributed by atoms with van der Waals surface area (Å²) in [6.45, 7) is 5.07. The van der Waals surface area contributed by atoms with E-state index in [0.717, 1.165) is 16.8 Å². The molecule has 1 aromatic carbocycles. The van der Waals surface area contributed by atoms with E-state index < -0.39 is 20.2 Å². The van der Waals surface area contributed by atoms with Gasteiger partial charge in [0.25, 0.3) is 0 Å². The third kappa shape index (κ3) is 15.4. The molecule has 0 unspecified atom stereocenters. The van der Waals surface area contributed by atoms with Gasteiger partial charge in [-0.05, 0) is 62.8 Å². The van der Waals surface area contributed by atoms with Crippen LogP contribution < -0.4 is 64.0 Å². The normalized spacial score (nSPS) is 11.4. The molecule has 1 rings (SSSR count). The number of hydrogen-bond donors (Lipinski definition) is 0. The first-order valence-corrected chi connectivity index (χ1v) is 11.3. The maximum Gasteiger partial charge on any atom is 1.00 e. The molecular formula is C16H25NNa2O6S2. The van der Waals surface area contributed by atoms with Gasteiger partial charge in [-0.25, -0.2) is 16.8 Å². The van der Waals surface area contributed by atoms with Crippen LogP contribution in [0.4, 0.5) is 5.69 Å². The smallest absolute Gasteiger partial charge is 0.748 e. The fraction of sp³-hybridized carbons (Fsp3) is 0.625. The number of rotatable bonds is 11. The molecule has 0 fully saturated rings. The number of benzene rings is 1. The Kier molecular flexibility index (Phi) is 15.5. The zero-order valence-electron chi connectivity index (χ0n) is 16.6. The van der Waals surface area contributed by atoms with E-state index in [2.05, 4.69) is 0 Å². The van der Waals surface area contributed by atoms with Crippen LogP contribution in [0, 0.1) is 13.8 Å². The van der Waals surface area contributed by atoms with Crippen molar-refractivity contribution in [1.29, 1.82) is 0 Å². The topological polar surface area (TPSA) is 118 Å². The van der Waals surface area contributed by atoms with Crippen molar-refractivity contribution in [3.8, 4) is 0 Å². The Balaban J connectivity index is 0. The van der Waals surface area contributed by atoms with E-state index in [4.69, 9.17) is 0 Å². The number of hydrogen-bond acceptors (Lipinski definition) is 7. The zero-order valence-corrected chi connectivity index (χ0v) is 22.2. The fourth-order valence-corrected chi connectivity index (χ4v) is 3.78. The van der Waals surface area contributed by atoms with Crippen molar-refractivity contribution in [3.63, 3.8) is 0 Å². The zero-order chi connectivity index (χ0) is 19.1. The van der Waals surface area contributed by atoms with E-state index in [-0.39, 0.29) is 83.5 Å². The van der Waals surface area contributed by atoms with Crippen molar-refractivity contribution in [2.24, 2.45) is 0 Å². The van der Waals surface area contributed by atoms with Gasteiger partial charge >= 0.3 is 59.1 Å². The molecule has 7 nitrogen and oxygen atoms in total. The van der Waals surface area contributed by atoms with Gasteiger partial charge < -0.3 is 14.0 Å². The summed E-state index contributed by atoms with van der Waals surface area (Å²) < 4.78 is 64.1. The van der Waals surface area contributed by atoms with Gasteiger partial charge in [-0.1, -0.05) is 6.07 Å².